The van der Waals surface area contributed by atoms with E-state index in [9.17, 15) is 5.11 Å². The van der Waals surface area contributed by atoms with E-state index in [4.69, 9.17) is 0 Å². The van der Waals surface area contributed by atoms with Crippen molar-refractivity contribution < 1.29 is 5.11 Å². The molecule has 2 rings (SSSR count). The second kappa shape index (κ2) is 3.43. The van der Waals surface area contributed by atoms with Crippen molar-refractivity contribution in [2.45, 2.75) is 25.4 Å². The molecule has 0 saturated heterocycles. The van der Waals surface area contributed by atoms with Crippen molar-refractivity contribution in [3.8, 4) is 0 Å². The normalized spacial score (nSPS) is 28.5. The van der Waals surface area contributed by atoms with E-state index in [1.54, 1.807) is 0 Å². The summed E-state index contributed by atoms with van der Waals surface area (Å²) in [6.07, 6.45) is 0.956. The monoisotopic (exact) mass is 240 g/mol. The maximum atomic E-state index is 9.40. The van der Waals surface area contributed by atoms with Crippen molar-refractivity contribution in [2.24, 2.45) is 5.92 Å². The molecule has 13 heavy (non-hydrogen) atoms. The average Bonchev–Trinajstić information content (AvgIpc) is 2.84. The Kier molecular flexibility index (Phi) is 2.43. The molecular formula is C11H13BrO. The van der Waals surface area contributed by atoms with Gasteiger partial charge in [-0.15, -0.1) is 0 Å². The molecule has 0 heterocycles. The summed E-state index contributed by atoms with van der Waals surface area (Å²) in [6.45, 7) is 1.88. The molecule has 1 aliphatic rings. The molecule has 0 aromatic heterocycles. The van der Waals surface area contributed by atoms with Crippen molar-refractivity contribution in [1.29, 1.82) is 0 Å². The van der Waals surface area contributed by atoms with Crippen LogP contribution >= 0.6 is 15.9 Å². The molecule has 0 amide bonds. The third kappa shape index (κ3) is 1.79. The molecule has 0 unspecified atom stereocenters. The minimum Gasteiger partial charge on any atom is -0.393 e. The number of rotatable bonds is 2. The first kappa shape index (κ1) is 9.22. The molecule has 1 nitrogen and oxygen atoms in total. The zero-order chi connectivity index (χ0) is 9.42. The van der Waals surface area contributed by atoms with E-state index in [1.165, 1.54) is 10.0 Å². The molecular weight excluding hydrogens is 228 g/mol. The van der Waals surface area contributed by atoms with Crippen molar-refractivity contribution in [3.05, 3.63) is 34.3 Å². The molecule has 1 N–H and O–H groups in total. The van der Waals surface area contributed by atoms with Crippen LogP contribution in [0, 0.1) is 5.92 Å². The molecule has 70 valence electrons. The molecule has 0 radical (unpaired) electrons. The molecule has 1 aromatic carbocycles. The van der Waals surface area contributed by atoms with Crippen LogP contribution in [-0.2, 0) is 0 Å². The summed E-state index contributed by atoms with van der Waals surface area (Å²) in [6, 6.07) is 8.27. The molecule has 1 aromatic rings. The van der Waals surface area contributed by atoms with Gasteiger partial charge in [0.1, 0.15) is 0 Å². The van der Waals surface area contributed by atoms with E-state index in [0.29, 0.717) is 11.8 Å². The second-order valence-electron chi connectivity index (χ2n) is 3.77. The molecule has 1 fully saturated rings. The number of halogens is 1. The quantitative estimate of drug-likeness (QED) is 0.843. The lowest BCUT2D eigenvalue weighted by molar-refractivity contribution is 0.169. The maximum Gasteiger partial charge on any atom is 0.0546 e. The van der Waals surface area contributed by atoms with Gasteiger partial charge in [-0.2, -0.15) is 0 Å². The summed E-state index contributed by atoms with van der Waals surface area (Å²) >= 11 is 3.53. The zero-order valence-electron chi connectivity index (χ0n) is 7.57. The summed E-state index contributed by atoms with van der Waals surface area (Å²) in [5.41, 5.74) is 1.34. The standard InChI is InChI=1S/C11H13BrO/c1-7(13)9-6-10(9)8-4-2-3-5-11(8)12/h2-5,7,9-10,13H,6H2,1H3/t7-,9+,10-/m1/s1. The fraction of sp³-hybridized carbons (Fsp3) is 0.455. The maximum absolute atomic E-state index is 9.40. The Morgan fingerprint density at radius 1 is 1.46 bits per heavy atom. The van der Waals surface area contributed by atoms with Crippen LogP contribution in [0.5, 0.6) is 0 Å². The molecule has 1 aliphatic carbocycles. The minimum absolute atomic E-state index is 0.169. The van der Waals surface area contributed by atoms with Crippen molar-refractivity contribution in [1.82, 2.24) is 0 Å². The molecule has 2 heteroatoms. The lowest BCUT2D eigenvalue weighted by Crippen LogP contribution is -2.03. The second-order valence-corrected chi connectivity index (χ2v) is 4.62. The largest absolute Gasteiger partial charge is 0.393 e. The SMILES string of the molecule is C[C@@H](O)[C@@H]1C[C@@H]1c1ccccc1Br. The highest BCUT2D eigenvalue weighted by Crippen LogP contribution is 2.51. The van der Waals surface area contributed by atoms with E-state index < -0.39 is 0 Å². The van der Waals surface area contributed by atoms with Gasteiger partial charge in [-0.25, -0.2) is 0 Å². The number of aliphatic hydroxyl groups is 1. The Morgan fingerprint density at radius 3 is 2.69 bits per heavy atom. The van der Waals surface area contributed by atoms with Crippen molar-refractivity contribution in [3.63, 3.8) is 0 Å². The fourth-order valence-corrected chi connectivity index (χ4v) is 2.46. The van der Waals surface area contributed by atoms with Gasteiger partial charge in [0.2, 0.25) is 0 Å². The van der Waals surface area contributed by atoms with E-state index in [2.05, 4.69) is 34.1 Å². The van der Waals surface area contributed by atoms with Gasteiger partial charge >= 0.3 is 0 Å². The number of hydrogen-bond acceptors (Lipinski definition) is 1. The summed E-state index contributed by atoms with van der Waals surface area (Å²) in [7, 11) is 0. The van der Waals surface area contributed by atoms with Crippen LogP contribution in [0.25, 0.3) is 0 Å². The zero-order valence-corrected chi connectivity index (χ0v) is 9.16. The molecule has 0 spiro atoms. The van der Waals surface area contributed by atoms with Crippen LogP contribution in [-0.4, -0.2) is 11.2 Å². The first-order chi connectivity index (χ1) is 6.20. The summed E-state index contributed by atoms with van der Waals surface area (Å²) in [5.74, 6) is 1.04. The van der Waals surface area contributed by atoms with Gasteiger partial charge in [-0.1, -0.05) is 34.1 Å². The topological polar surface area (TPSA) is 20.2 Å². The smallest absolute Gasteiger partial charge is 0.0546 e. The van der Waals surface area contributed by atoms with Gasteiger partial charge in [0.05, 0.1) is 6.10 Å². The Bertz CT molecular complexity index is 309. The molecule has 0 aliphatic heterocycles. The van der Waals surface area contributed by atoms with Crippen molar-refractivity contribution in [2.75, 3.05) is 0 Å². The summed E-state index contributed by atoms with van der Waals surface area (Å²) in [4.78, 5) is 0. The predicted molar refractivity (Wildman–Crippen MR) is 56.7 cm³/mol. The van der Waals surface area contributed by atoms with E-state index in [0.717, 1.165) is 6.42 Å². The Balaban J connectivity index is 2.16. The number of hydrogen-bond donors (Lipinski definition) is 1. The van der Waals surface area contributed by atoms with Crippen LogP contribution in [0.15, 0.2) is 28.7 Å². The van der Waals surface area contributed by atoms with Gasteiger partial charge in [0.25, 0.3) is 0 Å². The van der Waals surface area contributed by atoms with Crippen LogP contribution < -0.4 is 0 Å². The van der Waals surface area contributed by atoms with Crippen LogP contribution in [0.2, 0.25) is 0 Å². The van der Waals surface area contributed by atoms with Gasteiger partial charge in [-0.05, 0) is 36.8 Å². The van der Waals surface area contributed by atoms with Gasteiger partial charge < -0.3 is 5.11 Å². The highest BCUT2D eigenvalue weighted by atomic mass is 79.9. The fourth-order valence-electron chi connectivity index (χ4n) is 1.88. The van der Waals surface area contributed by atoms with Crippen molar-refractivity contribution >= 4 is 15.9 Å². The molecule has 0 bridgehead atoms. The number of aliphatic hydroxyl groups excluding tert-OH is 1. The van der Waals surface area contributed by atoms with E-state index >= 15 is 0 Å². The number of benzene rings is 1. The Hall–Kier alpha value is -0.340. The first-order valence-corrected chi connectivity index (χ1v) is 5.42. The lowest BCUT2D eigenvalue weighted by Gasteiger charge is -2.04. The Labute approximate surface area is 86.9 Å². The minimum atomic E-state index is -0.169. The van der Waals surface area contributed by atoms with Gasteiger partial charge in [0, 0.05) is 4.47 Å². The predicted octanol–water partition coefficient (Wildman–Crippen LogP) is 2.93. The highest BCUT2D eigenvalue weighted by molar-refractivity contribution is 9.10. The van der Waals surface area contributed by atoms with E-state index in [-0.39, 0.29) is 6.10 Å². The van der Waals surface area contributed by atoms with Gasteiger partial charge in [0.15, 0.2) is 0 Å². The van der Waals surface area contributed by atoms with E-state index in [1.807, 2.05) is 13.0 Å². The summed E-state index contributed by atoms with van der Waals surface area (Å²) < 4.78 is 1.17. The first-order valence-electron chi connectivity index (χ1n) is 4.62. The molecule has 1 saturated carbocycles. The third-order valence-corrected chi connectivity index (χ3v) is 3.49. The summed E-state index contributed by atoms with van der Waals surface area (Å²) in [5, 5.41) is 9.40. The Morgan fingerprint density at radius 2 is 2.15 bits per heavy atom. The highest BCUT2D eigenvalue weighted by Gasteiger charge is 2.42. The third-order valence-electron chi connectivity index (χ3n) is 2.76. The van der Waals surface area contributed by atoms with Crippen LogP contribution in [0.1, 0.15) is 24.8 Å². The molecule has 3 atom stereocenters. The van der Waals surface area contributed by atoms with Crippen LogP contribution in [0.4, 0.5) is 0 Å². The van der Waals surface area contributed by atoms with Gasteiger partial charge in [-0.3, -0.25) is 0 Å². The van der Waals surface area contributed by atoms with Crippen LogP contribution in [0.3, 0.4) is 0 Å². The average molecular weight is 241 g/mol. The lowest BCUT2D eigenvalue weighted by atomic mass is 10.1.